The maximum absolute atomic E-state index is 12.0. The van der Waals surface area contributed by atoms with E-state index in [9.17, 15) is 13.2 Å². The van der Waals surface area contributed by atoms with Crippen molar-refractivity contribution in [1.82, 2.24) is 0 Å². The number of hydrogen-bond acceptors (Lipinski definition) is 4. The minimum Gasteiger partial charge on any atom is -0.463 e. The molecule has 0 heterocycles. The molecule has 0 spiro atoms. The normalized spacial score (nSPS) is 12.6. The second-order valence-electron chi connectivity index (χ2n) is 5.37. The SMILES string of the molecule is CCOC(=O)C=CS(=O)(=O)c1ccc(C(C)(C)C)cc1. The fraction of sp³-hybridized carbons (Fsp3) is 0.400. The summed E-state index contributed by atoms with van der Waals surface area (Å²) in [6, 6.07) is 6.66. The predicted octanol–water partition coefficient (Wildman–Crippen LogP) is 2.83. The van der Waals surface area contributed by atoms with E-state index in [-0.39, 0.29) is 16.9 Å². The molecule has 0 unspecified atom stereocenters. The number of esters is 1. The molecular formula is C15H20O4S. The van der Waals surface area contributed by atoms with E-state index in [0.717, 1.165) is 17.0 Å². The zero-order chi connectivity index (χ0) is 15.4. The highest BCUT2D eigenvalue weighted by Crippen LogP contribution is 2.23. The molecule has 0 saturated carbocycles. The molecule has 110 valence electrons. The third-order valence-electron chi connectivity index (χ3n) is 2.72. The quantitative estimate of drug-likeness (QED) is 0.633. The Balaban J connectivity index is 2.97. The van der Waals surface area contributed by atoms with Crippen LogP contribution in [0.15, 0.2) is 40.6 Å². The van der Waals surface area contributed by atoms with Crippen molar-refractivity contribution in [3.8, 4) is 0 Å². The van der Waals surface area contributed by atoms with Gasteiger partial charge in [0, 0.05) is 11.5 Å². The molecule has 20 heavy (non-hydrogen) atoms. The van der Waals surface area contributed by atoms with Gasteiger partial charge in [-0.3, -0.25) is 0 Å². The van der Waals surface area contributed by atoms with Crippen molar-refractivity contribution < 1.29 is 17.9 Å². The largest absolute Gasteiger partial charge is 0.463 e. The van der Waals surface area contributed by atoms with Crippen LogP contribution in [0, 0.1) is 0 Å². The summed E-state index contributed by atoms with van der Waals surface area (Å²) in [5.74, 6) is -0.664. The molecule has 0 aromatic heterocycles. The minimum absolute atomic E-state index is 0.0386. The zero-order valence-electron chi connectivity index (χ0n) is 12.2. The van der Waals surface area contributed by atoms with E-state index in [1.807, 2.05) is 0 Å². The van der Waals surface area contributed by atoms with Crippen LogP contribution in [0.25, 0.3) is 0 Å². The summed E-state index contributed by atoms with van der Waals surface area (Å²) in [5.41, 5.74) is 1.01. The van der Waals surface area contributed by atoms with Crippen LogP contribution in [0.5, 0.6) is 0 Å². The molecule has 4 nitrogen and oxygen atoms in total. The van der Waals surface area contributed by atoms with Crippen LogP contribution in [0.2, 0.25) is 0 Å². The molecule has 1 aromatic rings. The van der Waals surface area contributed by atoms with E-state index in [0.29, 0.717) is 0 Å². The number of hydrogen-bond donors (Lipinski definition) is 0. The Bertz CT molecular complexity index is 590. The van der Waals surface area contributed by atoms with Crippen molar-refractivity contribution in [2.24, 2.45) is 0 Å². The molecule has 0 amide bonds. The Morgan fingerprint density at radius 3 is 2.20 bits per heavy atom. The Hall–Kier alpha value is -1.62. The van der Waals surface area contributed by atoms with E-state index in [2.05, 4.69) is 25.5 Å². The lowest BCUT2D eigenvalue weighted by atomic mass is 9.87. The van der Waals surface area contributed by atoms with E-state index >= 15 is 0 Å². The summed E-state index contributed by atoms with van der Waals surface area (Å²) in [6.07, 6.45) is 0.927. The van der Waals surface area contributed by atoms with E-state index in [4.69, 9.17) is 0 Å². The van der Waals surface area contributed by atoms with Crippen LogP contribution in [-0.2, 0) is 24.8 Å². The number of benzene rings is 1. The molecule has 0 radical (unpaired) electrons. The lowest BCUT2D eigenvalue weighted by Crippen LogP contribution is -2.11. The van der Waals surface area contributed by atoms with E-state index < -0.39 is 15.8 Å². The van der Waals surface area contributed by atoms with Gasteiger partial charge in [-0.05, 0) is 30.0 Å². The molecular weight excluding hydrogens is 276 g/mol. The summed E-state index contributed by atoms with van der Waals surface area (Å²) in [5, 5.41) is 0.872. The van der Waals surface area contributed by atoms with Crippen molar-refractivity contribution in [2.45, 2.75) is 38.0 Å². The first kappa shape index (κ1) is 16.4. The van der Waals surface area contributed by atoms with Crippen LogP contribution < -0.4 is 0 Å². The monoisotopic (exact) mass is 296 g/mol. The Labute approximate surface area is 120 Å². The van der Waals surface area contributed by atoms with E-state index in [1.165, 1.54) is 0 Å². The van der Waals surface area contributed by atoms with Gasteiger partial charge in [-0.2, -0.15) is 0 Å². The molecule has 0 bridgehead atoms. The van der Waals surface area contributed by atoms with Crippen LogP contribution in [0.3, 0.4) is 0 Å². The summed E-state index contributed by atoms with van der Waals surface area (Å²) in [6.45, 7) is 8.03. The van der Waals surface area contributed by atoms with Crippen molar-refractivity contribution >= 4 is 15.8 Å². The zero-order valence-corrected chi connectivity index (χ0v) is 13.0. The number of sulfone groups is 1. The van der Waals surface area contributed by atoms with Gasteiger partial charge >= 0.3 is 5.97 Å². The highest BCUT2D eigenvalue weighted by Gasteiger charge is 2.16. The Morgan fingerprint density at radius 2 is 1.75 bits per heavy atom. The fourth-order valence-electron chi connectivity index (χ4n) is 1.56. The van der Waals surface area contributed by atoms with Crippen LogP contribution in [0.1, 0.15) is 33.3 Å². The van der Waals surface area contributed by atoms with Gasteiger partial charge in [0.25, 0.3) is 0 Å². The second-order valence-corrected chi connectivity index (χ2v) is 7.21. The average molecular weight is 296 g/mol. The Morgan fingerprint density at radius 1 is 1.20 bits per heavy atom. The lowest BCUT2D eigenvalue weighted by molar-refractivity contribution is -0.137. The summed E-state index contributed by atoms with van der Waals surface area (Å²) in [4.78, 5) is 11.3. The van der Waals surface area contributed by atoms with Gasteiger partial charge < -0.3 is 4.74 Å². The first-order chi connectivity index (χ1) is 9.16. The minimum atomic E-state index is -3.62. The van der Waals surface area contributed by atoms with Crippen LogP contribution in [0.4, 0.5) is 0 Å². The predicted molar refractivity (Wildman–Crippen MR) is 78.1 cm³/mol. The van der Waals surface area contributed by atoms with Crippen molar-refractivity contribution in [3.05, 3.63) is 41.3 Å². The smallest absolute Gasteiger partial charge is 0.331 e. The van der Waals surface area contributed by atoms with Gasteiger partial charge in [0.05, 0.1) is 11.5 Å². The molecule has 0 aliphatic heterocycles. The molecule has 0 fully saturated rings. The van der Waals surface area contributed by atoms with Crippen molar-refractivity contribution in [1.29, 1.82) is 0 Å². The number of rotatable bonds is 4. The number of carbonyl (C=O) groups is 1. The molecule has 0 N–H and O–H groups in total. The molecule has 0 atom stereocenters. The molecule has 1 rings (SSSR count). The number of carbonyl (C=O) groups excluding carboxylic acids is 1. The summed E-state index contributed by atoms with van der Waals surface area (Å²) in [7, 11) is -3.62. The second kappa shape index (κ2) is 6.22. The fourth-order valence-corrected chi connectivity index (χ4v) is 2.52. The third kappa shape index (κ3) is 4.49. The molecule has 5 heteroatoms. The first-order valence-corrected chi connectivity index (χ1v) is 7.92. The first-order valence-electron chi connectivity index (χ1n) is 6.37. The molecule has 0 saturated heterocycles. The van der Waals surface area contributed by atoms with Crippen LogP contribution in [-0.4, -0.2) is 21.0 Å². The third-order valence-corrected chi connectivity index (χ3v) is 4.14. The topological polar surface area (TPSA) is 60.4 Å². The summed E-state index contributed by atoms with van der Waals surface area (Å²) < 4.78 is 28.7. The van der Waals surface area contributed by atoms with Gasteiger partial charge in [-0.25, -0.2) is 13.2 Å². The number of ether oxygens (including phenoxy) is 1. The maximum atomic E-state index is 12.0. The van der Waals surface area contributed by atoms with Gasteiger partial charge in [-0.1, -0.05) is 32.9 Å². The Kier molecular flexibility index (Phi) is 5.11. The van der Waals surface area contributed by atoms with E-state index in [1.54, 1.807) is 31.2 Å². The maximum Gasteiger partial charge on any atom is 0.331 e. The van der Waals surface area contributed by atoms with Gasteiger partial charge in [0.15, 0.2) is 9.84 Å². The van der Waals surface area contributed by atoms with Gasteiger partial charge in [-0.15, -0.1) is 0 Å². The highest BCUT2D eigenvalue weighted by atomic mass is 32.2. The molecule has 0 aliphatic rings. The standard InChI is InChI=1S/C15H20O4S/c1-5-19-14(16)10-11-20(17,18)13-8-6-12(7-9-13)15(2,3)4/h6-11H,5H2,1-4H3. The lowest BCUT2D eigenvalue weighted by Gasteiger charge is -2.18. The highest BCUT2D eigenvalue weighted by molar-refractivity contribution is 7.94. The molecule has 1 aromatic carbocycles. The van der Waals surface area contributed by atoms with Gasteiger partial charge in [0.2, 0.25) is 0 Å². The van der Waals surface area contributed by atoms with Crippen molar-refractivity contribution in [2.75, 3.05) is 6.61 Å². The molecule has 0 aliphatic carbocycles. The average Bonchev–Trinajstić information content (AvgIpc) is 2.36. The van der Waals surface area contributed by atoms with Crippen LogP contribution >= 0.6 is 0 Å². The van der Waals surface area contributed by atoms with Crippen molar-refractivity contribution in [3.63, 3.8) is 0 Å². The summed E-state index contributed by atoms with van der Waals surface area (Å²) >= 11 is 0. The van der Waals surface area contributed by atoms with Gasteiger partial charge in [0.1, 0.15) is 0 Å².